The number of urea groups is 1. The summed E-state index contributed by atoms with van der Waals surface area (Å²) in [5.74, 6) is -1.47. The van der Waals surface area contributed by atoms with Gasteiger partial charge in [0, 0.05) is 0 Å². The molecule has 0 aromatic carbocycles. The fourth-order valence-electron chi connectivity index (χ4n) is 3.04. The molecule has 2 amide bonds. The van der Waals surface area contributed by atoms with Crippen LogP contribution < -0.4 is 10.6 Å². The number of carboxylic acid groups (broad SMARTS) is 1. The zero-order chi connectivity index (χ0) is 22.9. The number of carbonyl (C=O) groups is 2. The van der Waals surface area contributed by atoms with Crippen LogP contribution in [0.5, 0.6) is 0 Å². The highest BCUT2D eigenvalue weighted by Crippen LogP contribution is 2.33. The minimum atomic E-state index is -1.55. The zero-order valence-corrected chi connectivity index (χ0v) is 17.2. The Kier molecular flexibility index (Phi) is 6.93. The van der Waals surface area contributed by atoms with Gasteiger partial charge in [-0.15, -0.1) is 0 Å². The summed E-state index contributed by atoms with van der Waals surface area (Å²) in [6, 6.07) is -2.49. The summed E-state index contributed by atoms with van der Waals surface area (Å²) in [6.45, 7) is 0.712. The van der Waals surface area contributed by atoms with Crippen LogP contribution in [0.4, 0.5) is 10.6 Å². The second kappa shape index (κ2) is 9.29. The molecule has 0 spiro atoms. The number of aliphatic hydroxyl groups excluding tert-OH is 4. The van der Waals surface area contributed by atoms with Crippen LogP contribution in [0, 0.1) is 0 Å². The maximum absolute atomic E-state index is 12.3. The monoisotopic (exact) mass is 458 g/mol. The standard InChI is InChI=1S/C16H22N6O8S/c1-5(24)7(14(27)28)18-15(29)19-11-8-12(21-16(20-11)31-2)22(4-17-8)13-10(26)9(25)6(3-23)30-13/h4-7,9-10,13,23-26H,3H2,1-2H3,(H,27,28)(H2,18,19,20,21,29)/t5-,6-,7+,9+,10?,13-/m1/s1. The van der Waals surface area contributed by atoms with Gasteiger partial charge in [-0.3, -0.25) is 9.88 Å². The molecule has 0 bridgehead atoms. The topological polar surface area (TPSA) is 212 Å². The predicted octanol–water partition coefficient (Wildman–Crippen LogP) is -1.88. The lowest BCUT2D eigenvalue weighted by Gasteiger charge is -2.18. The Labute approximate surface area is 179 Å². The molecule has 0 saturated carbocycles. The van der Waals surface area contributed by atoms with Gasteiger partial charge in [-0.1, -0.05) is 11.8 Å². The van der Waals surface area contributed by atoms with E-state index in [4.69, 9.17) is 9.84 Å². The van der Waals surface area contributed by atoms with Crippen LogP contribution in [0.25, 0.3) is 11.2 Å². The molecular weight excluding hydrogens is 436 g/mol. The number of nitrogens with one attached hydrogen (secondary N) is 2. The molecule has 1 unspecified atom stereocenters. The van der Waals surface area contributed by atoms with E-state index in [2.05, 4.69) is 25.6 Å². The van der Waals surface area contributed by atoms with E-state index >= 15 is 0 Å². The first-order valence-corrected chi connectivity index (χ1v) is 10.3. The second-order valence-electron chi connectivity index (χ2n) is 6.77. The lowest BCUT2D eigenvalue weighted by molar-refractivity contribution is -0.141. The van der Waals surface area contributed by atoms with E-state index in [-0.39, 0.29) is 22.1 Å². The van der Waals surface area contributed by atoms with Crippen molar-refractivity contribution in [2.75, 3.05) is 18.2 Å². The van der Waals surface area contributed by atoms with E-state index in [1.807, 2.05) is 0 Å². The van der Waals surface area contributed by atoms with Crippen molar-refractivity contribution < 1.29 is 39.9 Å². The largest absolute Gasteiger partial charge is 0.480 e. The van der Waals surface area contributed by atoms with Gasteiger partial charge in [-0.05, 0) is 13.2 Å². The van der Waals surface area contributed by atoms with Crippen molar-refractivity contribution in [1.82, 2.24) is 24.8 Å². The third kappa shape index (κ3) is 4.56. The van der Waals surface area contributed by atoms with Crippen LogP contribution >= 0.6 is 11.8 Å². The van der Waals surface area contributed by atoms with Crippen molar-refractivity contribution in [2.24, 2.45) is 0 Å². The van der Waals surface area contributed by atoms with Gasteiger partial charge in [0.25, 0.3) is 0 Å². The van der Waals surface area contributed by atoms with Crippen LogP contribution in [0.3, 0.4) is 0 Å². The first-order chi connectivity index (χ1) is 14.7. The van der Waals surface area contributed by atoms with E-state index in [0.717, 1.165) is 11.8 Å². The van der Waals surface area contributed by atoms with Gasteiger partial charge < -0.3 is 35.6 Å². The molecule has 170 valence electrons. The Morgan fingerprint density at radius 2 is 2.03 bits per heavy atom. The van der Waals surface area contributed by atoms with Crippen LogP contribution in [0.15, 0.2) is 11.5 Å². The molecule has 1 saturated heterocycles. The first kappa shape index (κ1) is 23.1. The molecule has 0 aliphatic carbocycles. The van der Waals surface area contributed by atoms with Gasteiger partial charge in [0.05, 0.1) is 19.0 Å². The van der Waals surface area contributed by atoms with Crippen molar-refractivity contribution in [3.05, 3.63) is 6.33 Å². The molecule has 1 fully saturated rings. The second-order valence-corrected chi connectivity index (χ2v) is 7.54. The molecule has 15 heteroatoms. The van der Waals surface area contributed by atoms with E-state index in [0.29, 0.717) is 0 Å². The van der Waals surface area contributed by atoms with Crippen molar-refractivity contribution in [3.63, 3.8) is 0 Å². The number of aliphatic carboxylic acids is 1. The predicted molar refractivity (Wildman–Crippen MR) is 105 cm³/mol. The Morgan fingerprint density at radius 1 is 1.32 bits per heavy atom. The Bertz CT molecular complexity index is 971. The highest BCUT2D eigenvalue weighted by molar-refractivity contribution is 7.98. The molecule has 3 heterocycles. The number of fused-ring (bicyclic) bond motifs is 1. The normalized spacial score (nSPS) is 25.4. The average molecular weight is 458 g/mol. The maximum atomic E-state index is 12.3. The van der Waals surface area contributed by atoms with E-state index in [1.165, 1.54) is 17.8 Å². The summed E-state index contributed by atoms with van der Waals surface area (Å²) in [6.07, 6.45) is -3.20. The number of rotatable bonds is 7. The highest BCUT2D eigenvalue weighted by atomic mass is 32.2. The first-order valence-electron chi connectivity index (χ1n) is 9.07. The lowest BCUT2D eigenvalue weighted by Crippen LogP contribution is -2.49. The highest BCUT2D eigenvalue weighted by Gasteiger charge is 2.44. The summed E-state index contributed by atoms with van der Waals surface area (Å²) in [5.41, 5.74) is 0.268. The molecule has 3 rings (SSSR count). The molecule has 2 aromatic heterocycles. The van der Waals surface area contributed by atoms with Crippen LogP contribution in [0.1, 0.15) is 13.2 Å². The van der Waals surface area contributed by atoms with Crippen LogP contribution in [-0.4, -0.2) is 100 Å². The van der Waals surface area contributed by atoms with Crippen LogP contribution in [0.2, 0.25) is 0 Å². The van der Waals surface area contributed by atoms with E-state index in [1.54, 1.807) is 6.26 Å². The summed E-state index contributed by atoms with van der Waals surface area (Å²) in [7, 11) is 0. The molecule has 14 nitrogen and oxygen atoms in total. The fraction of sp³-hybridized carbons (Fsp3) is 0.562. The number of carboxylic acids is 1. The van der Waals surface area contributed by atoms with Gasteiger partial charge in [-0.2, -0.15) is 0 Å². The molecule has 31 heavy (non-hydrogen) atoms. The number of aliphatic hydroxyl groups is 4. The lowest BCUT2D eigenvalue weighted by atomic mass is 10.1. The Morgan fingerprint density at radius 3 is 2.58 bits per heavy atom. The minimum Gasteiger partial charge on any atom is -0.480 e. The number of thioether (sulfide) groups is 1. The van der Waals surface area contributed by atoms with E-state index in [9.17, 15) is 30.0 Å². The van der Waals surface area contributed by atoms with Gasteiger partial charge in [0.2, 0.25) is 0 Å². The van der Waals surface area contributed by atoms with Gasteiger partial charge in [-0.25, -0.2) is 24.5 Å². The van der Waals surface area contributed by atoms with Crippen LogP contribution in [-0.2, 0) is 9.53 Å². The average Bonchev–Trinajstić information content (AvgIpc) is 3.26. The number of carbonyl (C=O) groups excluding carboxylic acids is 1. The number of hydrogen-bond acceptors (Lipinski definition) is 11. The molecule has 7 N–H and O–H groups in total. The smallest absolute Gasteiger partial charge is 0.328 e. The molecule has 1 aliphatic rings. The molecule has 1 aliphatic heterocycles. The number of ether oxygens (including phenoxy) is 1. The molecule has 2 aromatic rings. The van der Waals surface area contributed by atoms with Gasteiger partial charge in [0.1, 0.15) is 18.3 Å². The number of hydrogen-bond donors (Lipinski definition) is 7. The quantitative estimate of drug-likeness (QED) is 0.179. The number of amides is 2. The summed E-state index contributed by atoms with van der Waals surface area (Å²) in [4.78, 5) is 36.1. The third-order valence-corrected chi connectivity index (χ3v) is 5.19. The fourth-order valence-corrected chi connectivity index (χ4v) is 3.40. The SMILES string of the molecule is CSc1nc(NC(=O)N[C@H](C(=O)O)[C@@H](C)O)c2ncn([C@@H]3O[C@H](CO)[C@H](O)C3O)c2n1. The van der Waals surface area contributed by atoms with Crippen molar-refractivity contribution in [1.29, 1.82) is 0 Å². The van der Waals surface area contributed by atoms with Gasteiger partial charge in [0.15, 0.2) is 34.4 Å². The number of imidazole rings is 1. The summed E-state index contributed by atoms with van der Waals surface area (Å²) in [5, 5.41) is 53.0. The minimum absolute atomic E-state index is 0.0490. The third-order valence-electron chi connectivity index (χ3n) is 4.64. The molecule has 0 radical (unpaired) electrons. The summed E-state index contributed by atoms with van der Waals surface area (Å²) >= 11 is 1.15. The summed E-state index contributed by atoms with van der Waals surface area (Å²) < 4.78 is 6.83. The number of anilines is 1. The number of aromatic nitrogens is 4. The maximum Gasteiger partial charge on any atom is 0.328 e. The zero-order valence-electron chi connectivity index (χ0n) is 16.4. The molecule has 6 atom stereocenters. The van der Waals surface area contributed by atoms with Crippen molar-refractivity contribution >= 4 is 40.7 Å². The Hall–Kier alpha value is -2.56. The molecular formula is C16H22N6O8S. The number of nitrogens with zero attached hydrogens (tertiary/aromatic N) is 4. The van der Waals surface area contributed by atoms with Crippen molar-refractivity contribution in [3.8, 4) is 0 Å². The van der Waals surface area contributed by atoms with Crippen molar-refractivity contribution in [2.45, 2.75) is 48.8 Å². The Balaban J connectivity index is 1.93. The van der Waals surface area contributed by atoms with Gasteiger partial charge >= 0.3 is 12.0 Å². The van der Waals surface area contributed by atoms with E-state index < -0.39 is 55.3 Å².